The smallest absolute Gasteiger partial charge is 0.343 e. The monoisotopic (exact) mass is 630 g/mol. The van der Waals surface area contributed by atoms with Crippen molar-refractivity contribution in [1.29, 1.82) is 0 Å². The first-order chi connectivity index (χ1) is 17.2. The summed E-state index contributed by atoms with van der Waals surface area (Å²) in [5.41, 5.74) is 1.15. The van der Waals surface area contributed by atoms with Gasteiger partial charge in [0, 0.05) is 45.1 Å². The summed E-state index contributed by atoms with van der Waals surface area (Å²) in [5, 5.41) is 0.394. The molecular weight excluding hydrogens is 595 g/mol. The third-order valence-electron chi connectivity index (χ3n) is 7.07. The molecule has 0 radical (unpaired) electrons. The summed E-state index contributed by atoms with van der Waals surface area (Å²) in [7, 11) is 1.68. The average Bonchev–Trinajstić information content (AvgIpc) is 3.13. The number of ether oxygens (including phenoxy) is 3. The summed E-state index contributed by atoms with van der Waals surface area (Å²) in [6, 6.07) is 3.51. The van der Waals surface area contributed by atoms with Crippen molar-refractivity contribution in [2.75, 3.05) is 26.9 Å². The predicted octanol–water partition coefficient (Wildman–Crippen LogP) is 6.09. The molecule has 2 aromatic heterocycles. The number of nitrogens with zero attached hydrogens (tertiary/aromatic N) is 2. The van der Waals surface area contributed by atoms with Gasteiger partial charge in [-0.05, 0) is 84.1 Å². The predicted molar refractivity (Wildman–Crippen MR) is 149 cm³/mol. The highest BCUT2D eigenvalue weighted by Gasteiger charge is 2.43. The van der Waals surface area contributed by atoms with Crippen molar-refractivity contribution in [2.24, 2.45) is 11.3 Å². The lowest BCUT2D eigenvalue weighted by Crippen LogP contribution is -2.23. The Balaban J connectivity index is 1.73. The molecule has 36 heavy (non-hydrogen) atoms. The molecule has 1 aliphatic carbocycles. The minimum atomic E-state index is -0.570. The van der Waals surface area contributed by atoms with E-state index < -0.39 is 5.97 Å². The number of esters is 1. The van der Waals surface area contributed by atoms with Crippen LogP contribution >= 0.6 is 34.2 Å². The Morgan fingerprint density at radius 2 is 2.08 bits per heavy atom. The number of methoxy groups -OCH3 is 1. The largest absolute Gasteiger partial charge is 0.490 e. The molecule has 0 aromatic carbocycles. The molecule has 2 heterocycles. The molecule has 1 fully saturated rings. The van der Waals surface area contributed by atoms with E-state index >= 15 is 0 Å². The van der Waals surface area contributed by atoms with E-state index in [1.54, 1.807) is 26.4 Å². The van der Waals surface area contributed by atoms with Crippen molar-refractivity contribution in [1.82, 2.24) is 9.55 Å². The molecule has 1 saturated carbocycles. The number of halogens is 2. The first-order valence-corrected chi connectivity index (χ1v) is 14.0. The highest BCUT2D eigenvalue weighted by Crippen LogP contribution is 2.54. The van der Waals surface area contributed by atoms with Crippen LogP contribution in [0, 0.1) is 15.0 Å². The molecule has 198 valence electrons. The highest BCUT2D eigenvalue weighted by atomic mass is 127. The molecule has 0 aliphatic heterocycles. The van der Waals surface area contributed by atoms with Gasteiger partial charge in [-0.15, -0.1) is 0 Å². The van der Waals surface area contributed by atoms with Gasteiger partial charge in [0.25, 0.3) is 0 Å². The van der Waals surface area contributed by atoms with E-state index in [4.69, 9.17) is 25.8 Å². The second-order valence-electron chi connectivity index (χ2n) is 9.92. The van der Waals surface area contributed by atoms with Gasteiger partial charge in [0.1, 0.15) is 9.26 Å². The third-order valence-corrected chi connectivity index (χ3v) is 8.20. The normalized spacial score (nSPS) is 18.8. The van der Waals surface area contributed by atoms with Crippen LogP contribution < -0.4 is 10.2 Å². The Morgan fingerprint density at radius 3 is 2.81 bits per heavy atom. The van der Waals surface area contributed by atoms with Crippen LogP contribution in [0.1, 0.15) is 74.7 Å². The van der Waals surface area contributed by atoms with Crippen LogP contribution in [0.25, 0.3) is 0 Å². The number of aryl methyl sites for hydroxylation is 1. The lowest BCUT2D eigenvalue weighted by Gasteiger charge is -2.31. The Morgan fingerprint density at radius 1 is 1.31 bits per heavy atom. The van der Waals surface area contributed by atoms with Gasteiger partial charge in [-0.2, -0.15) is 0 Å². The quantitative estimate of drug-likeness (QED) is 0.122. The molecular formula is C27H36ClIN2O5. The van der Waals surface area contributed by atoms with Gasteiger partial charge in [-0.1, -0.05) is 25.4 Å². The average molecular weight is 631 g/mol. The molecule has 0 spiro atoms. The van der Waals surface area contributed by atoms with E-state index in [9.17, 15) is 9.59 Å². The summed E-state index contributed by atoms with van der Waals surface area (Å²) in [6.45, 7) is 8.54. The number of aromatic nitrogens is 2. The topological polar surface area (TPSA) is 79.7 Å². The Hall–Kier alpha value is -1.65. The molecule has 0 bridgehead atoms. The van der Waals surface area contributed by atoms with Gasteiger partial charge in [0.15, 0.2) is 16.3 Å². The minimum Gasteiger partial charge on any atom is -0.490 e. The van der Waals surface area contributed by atoms with Crippen molar-refractivity contribution in [3.05, 3.63) is 54.7 Å². The van der Waals surface area contributed by atoms with Gasteiger partial charge in [-0.25, -0.2) is 9.78 Å². The minimum absolute atomic E-state index is 0.0817. The maximum atomic E-state index is 12.1. The Bertz CT molecular complexity index is 1100. The zero-order chi connectivity index (χ0) is 26.3. The fourth-order valence-corrected chi connectivity index (χ4v) is 6.29. The number of carbonyl (C=O) groups is 1. The fourth-order valence-electron chi connectivity index (χ4n) is 5.16. The SMILES string of the molecule is CCOC(=O)c1cn(CCCC2C(c3cc(OCCCOC)c(Cl)nc3I)CCC2(C)C)ccc1=O. The van der Waals surface area contributed by atoms with E-state index in [0.717, 1.165) is 42.3 Å². The van der Waals surface area contributed by atoms with Gasteiger partial charge in [0.05, 0.1) is 13.2 Å². The molecule has 2 atom stereocenters. The van der Waals surface area contributed by atoms with Crippen LogP contribution in [-0.2, 0) is 16.0 Å². The summed E-state index contributed by atoms with van der Waals surface area (Å²) in [6.07, 6.45) is 8.30. The molecule has 0 N–H and O–H groups in total. The van der Waals surface area contributed by atoms with E-state index in [1.807, 2.05) is 4.57 Å². The standard InChI is InChI=1S/C27H36ClIN2O5/c1-5-35-26(33)20-17-31(13-10-22(20)32)12-6-8-21-18(9-11-27(21,2)3)19-16-23(24(28)30-25(19)29)36-15-7-14-34-4/h10,13,16-18,21H,5-9,11-12,14-15H2,1-4H3. The second-order valence-corrected chi connectivity index (χ2v) is 11.3. The third kappa shape index (κ3) is 7.22. The van der Waals surface area contributed by atoms with Gasteiger partial charge >= 0.3 is 5.97 Å². The Labute approximate surface area is 232 Å². The number of rotatable bonds is 12. The van der Waals surface area contributed by atoms with Crippen molar-refractivity contribution in [3.8, 4) is 5.75 Å². The maximum absolute atomic E-state index is 12.1. The first kappa shape index (κ1) is 28.9. The zero-order valence-corrected chi connectivity index (χ0v) is 24.4. The van der Waals surface area contributed by atoms with Crippen LogP contribution in [0.15, 0.2) is 29.3 Å². The zero-order valence-electron chi connectivity index (χ0n) is 21.5. The van der Waals surface area contributed by atoms with Gasteiger partial charge < -0.3 is 18.8 Å². The number of hydrogen-bond acceptors (Lipinski definition) is 6. The lowest BCUT2D eigenvalue weighted by atomic mass is 9.74. The Kier molecular flexibility index (Phi) is 10.6. The summed E-state index contributed by atoms with van der Waals surface area (Å²) in [5.74, 6) is 0.881. The molecule has 1 aliphatic rings. The van der Waals surface area contributed by atoms with E-state index in [1.165, 1.54) is 11.6 Å². The van der Waals surface area contributed by atoms with E-state index in [-0.39, 0.29) is 23.0 Å². The second kappa shape index (κ2) is 13.2. The van der Waals surface area contributed by atoms with Crippen LogP contribution in [0.4, 0.5) is 0 Å². The molecule has 2 aromatic rings. The molecule has 7 nitrogen and oxygen atoms in total. The lowest BCUT2D eigenvalue weighted by molar-refractivity contribution is 0.0523. The summed E-state index contributed by atoms with van der Waals surface area (Å²) in [4.78, 5) is 28.8. The number of hydrogen-bond donors (Lipinski definition) is 0. The van der Waals surface area contributed by atoms with Crippen LogP contribution in [-0.4, -0.2) is 42.5 Å². The maximum Gasteiger partial charge on any atom is 0.343 e. The molecule has 2 unspecified atom stereocenters. The van der Waals surface area contributed by atoms with Crippen LogP contribution in [0.2, 0.25) is 5.15 Å². The first-order valence-electron chi connectivity index (χ1n) is 12.5. The summed E-state index contributed by atoms with van der Waals surface area (Å²) < 4.78 is 18.9. The van der Waals surface area contributed by atoms with Crippen molar-refractivity contribution >= 4 is 40.2 Å². The summed E-state index contributed by atoms with van der Waals surface area (Å²) >= 11 is 8.68. The van der Waals surface area contributed by atoms with Crippen molar-refractivity contribution < 1.29 is 19.0 Å². The number of carbonyl (C=O) groups excluding carboxylic acids is 1. The molecule has 0 saturated heterocycles. The van der Waals surface area contributed by atoms with Crippen molar-refractivity contribution in [2.45, 2.75) is 65.3 Å². The van der Waals surface area contributed by atoms with E-state index in [2.05, 4.69) is 47.5 Å². The molecule has 3 rings (SSSR count). The van der Waals surface area contributed by atoms with Crippen LogP contribution in [0.3, 0.4) is 0 Å². The highest BCUT2D eigenvalue weighted by molar-refractivity contribution is 14.1. The number of pyridine rings is 2. The molecule has 0 amide bonds. The van der Waals surface area contributed by atoms with Gasteiger partial charge in [0.2, 0.25) is 0 Å². The van der Waals surface area contributed by atoms with Crippen LogP contribution in [0.5, 0.6) is 5.75 Å². The van der Waals surface area contributed by atoms with Crippen molar-refractivity contribution in [3.63, 3.8) is 0 Å². The fraction of sp³-hybridized carbons (Fsp3) is 0.593. The molecule has 9 heteroatoms. The van der Waals surface area contributed by atoms with Gasteiger partial charge in [-0.3, -0.25) is 4.79 Å². The van der Waals surface area contributed by atoms with E-state index in [0.29, 0.717) is 36.0 Å².